The van der Waals surface area contributed by atoms with Crippen molar-refractivity contribution in [3.63, 3.8) is 0 Å². The second kappa shape index (κ2) is 6.75. The first kappa shape index (κ1) is 19.0. The van der Waals surface area contributed by atoms with Gasteiger partial charge < -0.3 is 19.4 Å². The van der Waals surface area contributed by atoms with Crippen LogP contribution in [0.4, 0.5) is 4.39 Å². The van der Waals surface area contributed by atoms with E-state index in [0.717, 1.165) is 17.0 Å². The molecule has 1 aliphatic rings. The number of carbonyl (C=O) groups is 1. The minimum Gasteiger partial charge on any atom is -0.455 e. The molecule has 5 rings (SSSR count). The van der Waals surface area contributed by atoms with Crippen LogP contribution in [0.15, 0.2) is 41.2 Å². The topological polar surface area (TPSA) is 95.2 Å². The summed E-state index contributed by atoms with van der Waals surface area (Å²) >= 11 is 1.13. The number of thiazole rings is 1. The summed E-state index contributed by atoms with van der Waals surface area (Å²) in [5.74, 6) is -0.739. The molecule has 0 radical (unpaired) electrons. The van der Waals surface area contributed by atoms with Gasteiger partial charge in [0.15, 0.2) is 11.6 Å². The Bertz CT molecular complexity index is 1250. The van der Waals surface area contributed by atoms with E-state index in [1.54, 1.807) is 49.3 Å². The Morgan fingerprint density at radius 1 is 1.37 bits per heavy atom. The Kier molecular flexibility index (Phi) is 4.26. The van der Waals surface area contributed by atoms with Gasteiger partial charge in [0.2, 0.25) is 0 Å². The van der Waals surface area contributed by atoms with Crippen LogP contribution < -0.4 is 0 Å². The predicted octanol–water partition coefficient (Wildman–Crippen LogP) is 3.77. The SMILES string of the molecule is CC(C)(O)c1ncc(C(=O)N2CCc3[nH]cnc3[C@@H]2c2oc3ccccc3c2F)s1. The zero-order valence-electron chi connectivity index (χ0n) is 16.3. The monoisotopic (exact) mass is 426 g/mol. The first-order chi connectivity index (χ1) is 14.3. The number of para-hydroxylation sites is 1. The maximum absolute atomic E-state index is 15.3. The van der Waals surface area contributed by atoms with Gasteiger partial charge in [-0.05, 0) is 26.0 Å². The zero-order chi connectivity index (χ0) is 21.0. The van der Waals surface area contributed by atoms with Gasteiger partial charge in [-0.25, -0.2) is 14.4 Å². The van der Waals surface area contributed by atoms with Gasteiger partial charge in [0.1, 0.15) is 27.1 Å². The van der Waals surface area contributed by atoms with E-state index >= 15 is 4.39 Å². The minimum absolute atomic E-state index is 0.0600. The van der Waals surface area contributed by atoms with Crippen LogP contribution in [0.3, 0.4) is 0 Å². The number of imidazole rings is 1. The fraction of sp³-hybridized carbons (Fsp3) is 0.286. The third kappa shape index (κ3) is 2.93. The van der Waals surface area contributed by atoms with E-state index in [4.69, 9.17) is 4.42 Å². The van der Waals surface area contributed by atoms with Crippen LogP contribution in [0.2, 0.25) is 0 Å². The zero-order valence-corrected chi connectivity index (χ0v) is 17.2. The normalized spacial score (nSPS) is 16.8. The van der Waals surface area contributed by atoms with Crippen molar-refractivity contribution in [3.8, 4) is 0 Å². The highest BCUT2D eigenvalue weighted by Gasteiger charge is 2.39. The quantitative estimate of drug-likeness (QED) is 0.520. The smallest absolute Gasteiger partial charge is 0.266 e. The summed E-state index contributed by atoms with van der Waals surface area (Å²) in [5.41, 5.74) is 0.692. The predicted molar refractivity (Wildman–Crippen MR) is 109 cm³/mol. The number of aromatic nitrogens is 3. The lowest BCUT2D eigenvalue weighted by molar-refractivity contribution is 0.0673. The van der Waals surface area contributed by atoms with E-state index < -0.39 is 17.5 Å². The highest BCUT2D eigenvalue weighted by Crippen LogP contribution is 2.39. The molecule has 0 bridgehead atoms. The standard InChI is InChI=1S/C21H19FN4O3S/c1-21(2,28)20-23-9-14(30-20)19(27)26-8-7-12-16(25-10-24-12)17(26)18-15(22)11-5-3-4-6-13(11)29-18/h3-6,9-10,17,28H,7-8H2,1-2H3,(H,24,25)/t17-/m1/s1. The van der Waals surface area contributed by atoms with Gasteiger partial charge in [0, 0.05) is 18.7 Å². The molecule has 3 aromatic heterocycles. The number of carbonyl (C=O) groups excluding carboxylic acids is 1. The second-order valence-electron chi connectivity index (χ2n) is 7.78. The number of hydrogen-bond acceptors (Lipinski definition) is 6. The molecule has 1 amide bonds. The number of nitrogens with zero attached hydrogens (tertiary/aromatic N) is 3. The van der Waals surface area contributed by atoms with Crippen molar-refractivity contribution in [1.29, 1.82) is 0 Å². The molecule has 9 heteroatoms. The Hall–Kier alpha value is -3.04. The summed E-state index contributed by atoms with van der Waals surface area (Å²) in [6.07, 6.45) is 3.56. The van der Waals surface area contributed by atoms with Crippen molar-refractivity contribution in [2.75, 3.05) is 6.54 Å². The number of amides is 1. The number of nitrogens with one attached hydrogen (secondary N) is 1. The molecule has 30 heavy (non-hydrogen) atoms. The molecule has 4 heterocycles. The summed E-state index contributed by atoms with van der Waals surface area (Å²) < 4.78 is 21.2. The lowest BCUT2D eigenvalue weighted by atomic mass is 9.99. The molecule has 0 fully saturated rings. The average Bonchev–Trinajstić information content (AvgIpc) is 3.45. The van der Waals surface area contributed by atoms with E-state index in [2.05, 4.69) is 15.0 Å². The number of aliphatic hydroxyl groups is 1. The van der Waals surface area contributed by atoms with Gasteiger partial charge in [-0.1, -0.05) is 12.1 Å². The molecule has 1 aliphatic heterocycles. The third-order valence-corrected chi connectivity index (χ3v) is 6.53. The lowest BCUT2D eigenvalue weighted by Crippen LogP contribution is -2.40. The number of halogens is 1. The number of benzene rings is 1. The first-order valence-corrected chi connectivity index (χ1v) is 10.3. The van der Waals surface area contributed by atoms with Crippen LogP contribution in [-0.4, -0.2) is 37.4 Å². The van der Waals surface area contributed by atoms with Crippen LogP contribution in [0.1, 0.15) is 51.7 Å². The molecular formula is C21H19FN4O3S. The molecule has 154 valence electrons. The molecular weight excluding hydrogens is 407 g/mol. The number of fused-ring (bicyclic) bond motifs is 2. The van der Waals surface area contributed by atoms with Crippen LogP contribution >= 0.6 is 11.3 Å². The Labute approximate surface area is 175 Å². The minimum atomic E-state index is -1.15. The van der Waals surface area contributed by atoms with Crippen molar-refractivity contribution in [3.05, 3.63) is 69.6 Å². The van der Waals surface area contributed by atoms with Crippen LogP contribution in [0.5, 0.6) is 0 Å². The second-order valence-corrected chi connectivity index (χ2v) is 8.81. The van der Waals surface area contributed by atoms with E-state index in [-0.39, 0.29) is 11.7 Å². The van der Waals surface area contributed by atoms with Gasteiger partial charge in [-0.2, -0.15) is 0 Å². The van der Waals surface area contributed by atoms with Crippen LogP contribution in [0, 0.1) is 5.82 Å². The number of H-pyrrole nitrogens is 1. The highest BCUT2D eigenvalue weighted by molar-refractivity contribution is 7.13. The van der Waals surface area contributed by atoms with Crippen molar-refractivity contribution >= 4 is 28.2 Å². The molecule has 0 saturated heterocycles. The molecule has 1 atom stereocenters. The summed E-state index contributed by atoms with van der Waals surface area (Å²) in [6, 6.07) is 6.06. The Balaban J connectivity index is 1.61. The molecule has 4 aromatic rings. The van der Waals surface area contributed by atoms with E-state index in [1.165, 1.54) is 6.20 Å². The molecule has 0 unspecified atom stereocenters. The first-order valence-electron chi connectivity index (χ1n) is 9.53. The van der Waals surface area contributed by atoms with Gasteiger partial charge in [0.25, 0.3) is 5.91 Å². The largest absolute Gasteiger partial charge is 0.455 e. The molecule has 2 N–H and O–H groups in total. The van der Waals surface area contributed by atoms with Gasteiger partial charge in [0.05, 0.1) is 23.6 Å². The summed E-state index contributed by atoms with van der Waals surface area (Å²) in [5, 5.41) is 11.0. The van der Waals surface area contributed by atoms with E-state index in [0.29, 0.717) is 39.5 Å². The number of furan rings is 1. The third-order valence-electron chi connectivity index (χ3n) is 5.23. The van der Waals surface area contributed by atoms with Crippen molar-refractivity contribution < 1.29 is 18.7 Å². The van der Waals surface area contributed by atoms with Crippen molar-refractivity contribution in [2.24, 2.45) is 0 Å². The molecule has 0 aliphatic carbocycles. The van der Waals surface area contributed by atoms with Crippen LogP contribution in [0.25, 0.3) is 11.0 Å². The lowest BCUT2D eigenvalue weighted by Gasteiger charge is -2.33. The molecule has 1 aromatic carbocycles. The maximum Gasteiger partial charge on any atom is 0.266 e. The van der Waals surface area contributed by atoms with E-state index in [9.17, 15) is 9.90 Å². The number of hydrogen-bond donors (Lipinski definition) is 2. The number of aromatic amines is 1. The Morgan fingerprint density at radius 2 is 2.17 bits per heavy atom. The average molecular weight is 426 g/mol. The highest BCUT2D eigenvalue weighted by atomic mass is 32.1. The molecule has 0 spiro atoms. The van der Waals surface area contributed by atoms with Gasteiger partial charge in [-0.3, -0.25) is 4.79 Å². The summed E-state index contributed by atoms with van der Waals surface area (Å²) in [7, 11) is 0. The summed E-state index contributed by atoms with van der Waals surface area (Å²) in [4.78, 5) is 27.0. The molecule has 7 nitrogen and oxygen atoms in total. The molecule has 0 saturated carbocycles. The Morgan fingerprint density at radius 3 is 2.90 bits per heavy atom. The maximum atomic E-state index is 15.3. The van der Waals surface area contributed by atoms with Gasteiger partial charge in [-0.15, -0.1) is 11.3 Å². The number of rotatable bonds is 3. The fourth-order valence-corrected chi connectivity index (χ4v) is 4.64. The van der Waals surface area contributed by atoms with Crippen molar-refractivity contribution in [1.82, 2.24) is 19.9 Å². The van der Waals surface area contributed by atoms with Gasteiger partial charge >= 0.3 is 0 Å². The summed E-state index contributed by atoms with van der Waals surface area (Å²) in [6.45, 7) is 3.60. The van der Waals surface area contributed by atoms with Crippen molar-refractivity contribution in [2.45, 2.75) is 31.9 Å². The van der Waals surface area contributed by atoms with Crippen LogP contribution in [-0.2, 0) is 12.0 Å². The fourth-order valence-electron chi connectivity index (χ4n) is 3.77. The van der Waals surface area contributed by atoms with E-state index in [1.807, 2.05) is 0 Å².